The number of benzene rings is 4. The van der Waals surface area contributed by atoms with E-state index < -0.39 is 17.6 Å². The number of azide groups is 1. The lowest BCUT2D eigenvalue weighted by atomic mass is 9.83. The second-order valence-corrected chi connectivity index (χ2v) is 11.2. The monoisotopic (exact) mass is 677 g/mol. The van der Waals surface area contributed by atoms with E-state index in [9.17, 15) is 10.3 Å². The Morgan fingerprint density at radius 2 is 1.68 bits per heavy atom. The predicted octanol–water partition coefficient (Wildman–Crippen LogP) is 7.09. The highest BCUT2D eigenvalue weighted by Gasteiger charge is 2.53. The first kappa shape index (κ1) is 35.3. The van der Waals surface area contributed by atoms with Crippen LogP contribution >= 0.6 is 0 Å². The van der Waals surface area contributed by atoms with Gasteiger partial charge in [-0.3, -0.25) is 4.79 Å². The lowest BCUT2D eigenvalue weighted by molar-refractivity contribution is -0.129. The SMILES string of the molecule is COc1cc(OC)c(CNC(=O)[C@]2(C/C=C/c3ccccc3)N=C(c3ccc(OCCCO)cc3)O[C@@H]2c2ccccc2N=[N+]=[N-])c(OC)c1. The third-order valence-electron chi connectivity index (χ3n) is 8.18. The van der Waals surface area contributed by atoms with Crippen molar-refractivity contribution in [2.45, 2.75) is 31.0 Å². The van der Waals surface area contributed by atoms with Crippen molar-refractivity contribution in [1.82, 2.24) is 5.32 Å². The van der Waals surface area contributed by atoms with E-state index in [2.05, 4.69) is 15.3 Å². The van der Waals surface area contributed by atoms with Crippen LogP contribution < -0.4 is 24.3 Å². The van der Waals surface area contributed by atoms with Crippen LogP contribution in [-0.2, 0) is 16.1 Å². The molecule has 50 heavy (non-hydrogen) atoms. The number of nitrogens with zero attached hydrogens (tertiary/aromatic N) is 4. The zero-order valence-electron chi connectivity index (χ0n) is 28.1. The van der Waals surface area contributed by atoms with Gasteiger partial charge in [0.15, 0.2) is 11.6 Å². The molecule has 1 amide bonds. The molecule has 4 aromatic carbocycles. The van der Waals surface area contributed by atoms with E-state index in [1.807, 2.05) is 42.5 Å². The highest BCUT2D eigenvalue weighted by molar-refractivity contribution is 6.01. The first-order chi connectivity index (χ1) is 24.5. The summed E-state index contributed by atoms with van der Waals surface area (Å²) >= 11 is 0. The van der Waals surface area contributed by atoms with Gasteiger partial charge in [-0.15, -0.1) is 0 Å². The molecule has 1 heterocycles. The maximum Gasteiger partial charge on any atom is 0.252 e. The lowest BCUT2D eigenvalue weighted by Gasteiger charge is -2.30. The van der Waals surface area contributed by atoms with Crippen molar-refractivity contribution in [3.8, 4) is 23.0 Å². The first-order valence-electron chi connectivity index (χ1n) is 16.0. The van der Waals surface area contributed by atoms with Crippen LogP contribution in [0.2, 0.25) is 0 Å². The Morgan fingerprint density at radius 1 is 0.980 bits per heavy atom. The van der Waals surface area contributed by atoms with Crippen molar-refractivity contribution in [2.75, 3.05) is 34.5 Å². The molecule has 0 unspecified atom stereocenters. The molecule has 2 atom stereocenters. The maximum absolute atomic E-state index is 14.8. The third-order valence-corrected chi connectivity index (χ3v) is 8.18. The molecule has 2 N–H and O–H groups in total. The number of methoxy groups -OCH3 is 3. The van der Waals surface area contributed by atoms with Gasteiger partial charge in [0.1, 0.15) is 23.0 Å². The van der Waals surface area contributed by atoms with Crippen LogP contribution in [0.15, 0.2) is 107 Å². The topological polar surface area (TPSA) is 157 Å². The molecule has 0 aliphatic carbocycles. The molecule has 12 heteroatoms. The van der Waals surface area contributed by atoms with Crippen molar-refractivity contribution in [1.29, 1.82) is 0 Å². The van der Waals surface area contributed by atoms with Crippen LogP contribution in [-0.4, -0.2) is 57.0 Å². The van der Waals surface area contributed by atoms with E-state index in [1.54, 1.807) is 67.8 Å². The molecule has 1 aliphatic heterocycles. The van der Waals surface area contributed by atoms with E-state index in [0.29, 0.717) is 58.4 Å². The molecule has 0 spiro atoms. The van der Waals surface area contributed by atoms with Gasteiger partial charge in [-0.1, -0.05) is 71.9 Å². The van der Waals surface area contributed by atoms with Crippen molar-refractivity contribution in [3.05, 3.63) is 130 Å². The van der Waals surface area contributed by atoms with Gasteiger partial charge in [-0.2, -0.15) is 0 Å². The summed E-state index contributed by atoms with van der Waals surface area (Å²) in [5, 5.41) is 16.1. The van der Waals surface area contributed by atoms with Gasteiger partial charge in [-0.25, -0.2) is 4.99 Å². The molecule has 258 valence electrons. The van der Waals surface area contributed by atoms with E-state index >= 15 is 0 Å². The van der Waals surface area contributed by atoms with Crippen molar-refractivity contribution in [3.63, 3.8) is 0 Å². The Balaban J connectivity index is 1.60. The summed E-state index contributed by atoms with van der Waals surface area (Å²) in [5.74, 6) is 1.89. The van der Waals surface area contributed by atoms with Crippen molar-refractivity contribution in [2.24, 2.45) is 10.1 Å². The van der Waals surface area contributed by atoms with Gasteiger partial charge in [0.25, 0.3) is 5.91 Å². The second-order valence-electron chi connectivity index (χ2n) is 11.2. The largest absolute Gasteiger partial charge is 0.496 e. The summed E-state index contributed by atoms with van der Waals surface area (Å²) in [4.78, 5) is 22.8. The first-order valence-corrected chi connectivity index (χ1v) is 16.0. The predicted molar refractivity (Wildman–Crippen MR) is 190 cm³/mol. The van der Waals surface area contributed by atoms with Gasteiger partial charge in [0.2, 0.25) is 5.90 Å². The molecule has 0 aromatic heterocycles. The zero-order chi connectivity index (χ0) is 35.3. The molecule has 0 fully saturated rings. The van der Waals surface area contributed by atoms with E-state index in [0.717, 1.165) is 5.56 Å². The second kappa shape index (κ2) is 16.9. The average molecular weight is 678 g/mol. The molecule has 0 saturated carbocycles. The number of hydrogen-bond donors (Lipinski definition) is 2. The van der Waals surface area contributed by atoms with Gasteiger partial charge in [0.05, 0.1) is 40.0 Å². The maximum atomic E-state index is 14.8. The standard InChI is InChI=1S/C38H39N5O7/c1-46-29-23-33(47-2)31(34(24-29)48-3)25-40-37(45)38(20-9-13-26-11-5-4-6-12-26)35(30-14-7-8-15-32(30)42-43-39)50-36(41-38)27-16-18-28(19-17-27)49-22-10-21-44/h4-9,11-19,23-24,35,44H,10,20-22,25H2,1-3H3,(H,40,45)/b13-9+/t35-,38-/m1/s1. The molecule has 12 nitrogen and oxygen atoms in total. The number of ether oxygens (including phenoxy) is 5. The smallest absolute Gasteiger partial charge is 0.252 e. The van der Waals surface area contributed by atoms with Crippen molar-refractivity contribution >= 4 is 23.6 Å². The number of aliphatic imine (C=N–C) groups is 1. The number of rotatable bonds is 16. The molecule has 1 aliphatic rings. The zero-order valence-corrected chi connectivity index (χ0v) is 28.1. The lowest BCUT2D eigenvalue weighted by Crippen LogP contribution is -2.47. The minimum absolute atomic E-state index is 0.0301. The molecule has 4 aromatic rings. The fourth-order valence-electron chi connectivity index (χ4n) is 5.65. The molecular weight excluding hydrogens is 638 g/mol. The average Bonchev–Trinajstić information content (AvgIpc) is 3.55. The fourth-order valence-corrected chi connectivity index (χ4v) is 5.65. The number of nitrogens with one attached hydrogen (secondary N) is 1. The Bertz CT molecular complexity index is 1850. The Morgan fingerprint density at radius 3 is 2.34 bits per heavy atom. The van der Waals surface area contributed by atoms with E-state index in [4.69, 9.17) is 33.8 Å². The summed E-state index contributed by atoms with van der Waals surface area (Å²) in [6.07, 6.45) is 3.46. The highest BCUT2D eigenvalue weighted by Crippen LogP contribution is 2.46. The normalized spacial score (nSPS) is 16.6. The molecule has 0 saturated heterocycles. The van der Waals surface area contributed by atoms with Gasteiger partial charge in [0, 0.05) is 53.3 Å². The van der Waals surface area contributed by atoms with Gasteiger partial charge < -0.3 is 34.1 Å². The van der Waals surface area contributed by atoms with Crippen LogP contribution in [0.4, 0.5) is 5.69 Å². The van der Waals surface area contributed by atoms with Crippen LogP contribution in [0.25, 0.3) is 16.5 Å². The van der Waals surface area contributed by atoms with Gasteiger partial charge >= 0.3 is 0 Å². The van der Waals surface area contributed by atoms with Crippen LogP contribution in [0.1, 0.15) is 41.2 Å². The van der Waals surface area contributed by atoms with E-state index in [-0.39, 0.29) is 25.5 Å². The van der Waals surface area contributed by atoms with Crippen molar-refractivity contribution < 1.29 is 33.6 Å². The Hall–Kier alpha value is -5.97. The third kappa shape index (κ3) is 8.00. The number of aliphatic hydroxyl groups is 1. The van der Waals surface area contributed by atoms with Gasteiger partial charge in [-0.05, 0) is 35.4 Å². The van der Waals surface area contributed by atoms with Crippen LogP contribution in [0.3, 0.4) is 0 Å². The fraction of sp³-hybridized carbons (Fsp3) is 0.263. The Labute approximate surface area is 290 Å². The minimum atomic E-state index is -1.55. The number of carbonyl (C=O) groups excluding carboxylic acids is 1. The number of hydrogen-bond acceptors (Lipinski definition) is 9. The summed E-state index contributed by atoms with van der Waals surface area (Å²) in [6.45, 7) is 0.434. The molecule has 0 radical (unpaired) electrons. The number of carbonyl (C=O) groups is 1. The molecule has 5 rings (SSSR count). The summed E-state index contributed by atoms with van der Waals surface area (Å²) < 4.78 is 29.0. The van der Waals surface area contributed by atoms with Crippen LogP contribution in [0.5, 0.6) is 23.0 Å². The quantitative estimate of drug-likeness (QED) is 0.0555. The Kier molecular flexibility index (Phi) is 12.0. The summed E-state index contributed by atoms with van der Waals surface area (Å²) in [5.41, 5.74) is 10.8. The number of aliphatic hydroxyl groups excluding tert-OH is 1. The minimum Gasteiger partial charge on any atom is -0.496 e. The van der Waals surface area contributed by atoms with E-state index in [1.165, 1.54) is 14.2 Å². The summed E-state index contributed by atoms with van der Waals surface area (Å²) in [6, 6.07) is 27.3. The highest BCUT2D eigenvalue weighted by atomic mass is 16.5. The molecule has 0 bridgehead atoms. The molecular formula is C38H39N5O7. The number of amides is 1. The summed E-state index contributed by atoms with van der Waals surface area (Å²) in [7, 11) is 4.61. The van der Waals surface area contributed by atoms with Crippen LogP contribution in [0, 0.1) is 0 Å².